The van der Waals surface area contributed by atoms with Crippen LogP contribution in [0, 0.1) is 5.92 Å². The van der Waals surface area contributed by atoms with Gasteiger partial charge >= 0.3 is 0 Å². The Morgan fingerprint density at radius 3 is 2.77 bits per heavy atom. The summed E-state index contributed by atoms with van der Waals surface area (Å²) >= 11 is 0. The van der Waals surface area contributed by atoms with Gasteiger partial charge in [0.2, 0.25) is 0 Å². The van der Waals surface area contributed by atoms with Gasteiger partial charge in [-0.2, -0.15) is 5.10 Å². The van der Waals surface area contributed by atoms with E-state index in [0.717, 1.165) is 49.0 Å². The summed E-state index contributed by atoms with van der Waals surface area (Å²) in [5.74, 6) is 0.592. The van der Waals surface area contributed by atoms with Crippen molar-refractivity contribution in [2.75, 3.05) is 13.1 Å². The molecule has 2 aromatic carbocycles. The van der Waals surface area contributed by atoms with Gasteiger partial charge in [-0.15, -0.1) is 0 Å². The van der Waals surface area contributed by atoms with Crippen molar-refractivity contribution >= 4 is 16.8 Å². The fourth-order valence-electron chi connectivity index (χ4n) is 4.68. The van der Waals surface area contributed by atoms with Gasteiger partial charge in [-0.1, -0.05) is 36.4 Å². The fourth-order valence-corrected chi connectivity index (χ4v) is 4.68. The number of piperidine rings is 1. The van der Waals surface area contributed by atoms with Gasteiger partial charge in [0.15, 0.2) is 0 Å². The number of hydrogen-bond acceptors (Lipinski definition) is 3. The maximum absolute atomic E-state index is 13.4. The number of fused-ring (bicyclic) bond motifs is 1. The highest BCUT2D eigenvalue weighted by Crippen LogP contribution is 2.26. The Bertz CT molecular complexity index is 1180. The molecule has 1 aliphatic rings. The highest BCUT2D eigenvalue weighted by molar-refractivity contribution is 5.95. The summed E-state index contributed by atoms with van der Waals surface area (Å²) in [5, 5.41) is 5.52. The van der Waals surface area contributed by atoms with E-state index >= 15 is 0 Å². The first-order valence-corrected chi connectivity index (χ1v) is 10.9. The van der Waals surface area contributed by atoms with E-state index in [0.29, 0.717) is 12.5 Å². The minimum atomic E-state index is 0.132. The van der Waals surface area contributed by atoms with Gasteiger partial charge in [-0.25, -0.2) is 0 Å². The lowest BCUT2D eigenvalue weighted by Gasteiger charge is -2.33. The Balaban J connectivity index is 1.33. The molecule has 1 atom stereocenters. The molecule has 156 valence electrons. The molecule has 1 fully saturated rings. The number of benzene rings is 2. The van der Waals surface area contributed by atoms with E-state index in [1.807, 2.05) is 58.4 Å². The van der Waals surface area contributed by atoms with E-state index in [4.69, 9.17) is 0 Å². The van der Waals surface area contributed by atoms with Crippen molar-refractivity contribution in [2.45, 2.75) is 25.8 Å². The number of likely N-dealkylation sites (tertiary alicyclic amines) is 1. The smallest absolute Gasteiger partial charge is 0.254 e. The number of amides is 1. The molecule has 0 spiro atoms. The normalized spacial score (nSPS) is 16.5. The number of aromatic nitrogens is 3. The summed E-state index contributed by atoms with van der Waals surface area (Å²) in [7, 11) is 0. The van der Waals surface area contributed by atoms with Crippen LogP contribution in [0.25, 0.3) is 10.9 Å². The van der Waals surface area contributed by atoms with Crippen LogP contribution in [-0.2, 0) is 13.0 Å². The summed E-state index contributed by atoms with van der Waals surface area (Å²) in [6.45, 7) is 2.23. The second kappa shape index (κ2) is 8.72. The quantitative estimate of drug-likeness (QED) is 0.484. The molecule has 3 heterocycles. The van der Waals surface area contributed by atoms with Crippen LogP contribution in [0.2, 0.25) is 0 Å². The Morgan fingerprint density at radius 1 is 0.968 bits per heavy atom. The molecule has 1 aliphatic heterocycles. The van der Waals surface area contributed by atoms with Crippen LogP contribution in [0.15, 0.2) is 79.3 Å². The SMILES string of the molecule is O=C(c1ccccc1Cn1cccn1)N1CCC[C@@H](Cc2cccc3ncccc23)C1. The first-order chi connectivity index (χ1) is 15.3. The van der Waals surface area contributed by atoms with Crippen LogP contribution in [0.3, 0.4) is 0 Å². The highest BCUT2D eigenvalue weighted by Gasteiger charge is 2.26. The van der Waals surface area contributed by atoms with E-state index < -0.39 is 0 Å². The minimum Gasteiger partial charge on any atom is -0.338 e. The van der Waals surface area contributed by atoms with Crippen molar-refractivity contribution in [3.63, 3.8) is 0 Å². The Kier molecular flexibility index (Phi) is 5.48. The molecule has 5 heteroatoms. The lowest BCUT2D eigenvalue weighted by atomic mass is 9.89. The molecule has 2 aromatic heterocycles. The van der Waals surface area contributed by atoms with Crippen LogP contribution >= 0.6 is 0 Å². The van der Waals surface area contributed by atoms with Gasteiger partial charge < -0.3 is 4.90 Å². The average molecular weight is 411 g/mol. The summed E-state index contributed by atoms with van der Waals surface area (Å²) in [5.41, 5.74) is 4.16. The van der Waals surface area contributed by atoms with E-state index in [9.17, 15) is 4.79 Å². The van der Waals surface area contributed by atoms with Crippen LogP contribution in [0.5, 0.6) is 0 Å². The number of nitrogens with zero attached hydrogens (tertiary/aromatic N) is 4. The number of pyridine rings is 1. The molecule has 1 amide bonds. The molecule has 5 nitrogen and oxygen atoms in total. The zero-order chi connectivity index (χ0) is 21.0. The number of rotatable bonds is 5. The average Bonchev–Trinajstić information content (AvgIpc) is 3.33. The zero-order valence-corrected chi connectivity index (χ0v) is 17.5. The Labute approximate surface area is 182 Å². The molecule has 31 heavy (non-hydrogen) atoms. The molecule has 0 N–H and O–H groups in total. The molecule has 1 saturated heterocycles. The minimum absolute atomic E-state index is 0.132. The Hall–Kier alpha value is -3.47. The van der Waals surface area contributed by atoms with E-state index in [1.165, 1.54) is 10.9 Å². The summed E-state index contributed by atoms with van der Waals surface area (Å²) in [6.07, 6.45) is 8.70. The predicted molar refractivity (Wildman–Crippen MR) is 122 cm³/mol. The van der Waals surface area contributed by atoms with Crippen LogP contribution in [0.1, 0.15) is 34.3 Å². The van der Waals surface area contributed by atoms with E-state index in [1.54, 1.807) is 6.20 Å². The zero-order valence-electron chi connectivity index (χ0n) is 17.5. The van der Waals surface area contributed by atoms with Gasteiger partial charge in [0, 0.05) is 42.6 Å². The highest BCUT2D eigenvalue weighted by atomic mass is 16.2. The standard InChI is InChI=1S/C26H26N4O/c31-26(24-10-2-1-8-22(24)19-30-16-6-14-28-30)29-15-5-7-20(18-29)17-21-9-3-12-25-23(21)11-4-13-27-25/h1-4,6,8-14,16,20H,5,7,15,17-19H2/t20-/m0/s1. The summed E-state index contributed by atoms with van der Waals surface area (Å²) in [4.78, 5) is 20.0. The third-order valence-electron chi connectivity index (χ3n) is 6.19. The second-order valence-electron chi connectivity index (χ2n) is 8.31. The van der Waals surface area contributed by atoms with Gasteiger partial charge in [0.05, 0.1) is 12.1 Å². The van der Waals surface area contributed by atoms with Gasteiger partial charge in [0.1, 0.15) is 0 Å². The number of carbonyl (C=O) groups excluding carboxylic acids is 1. The molecular formula is C26H26N4O. The van der Waals surface area contributed by atoms with E-state index in [2.05, 4.69) is 34.3 Å². The van der Waals surface area contributed by atoms with Crippen molar-refractivity contribution in [1.29, 1.82) is 0 Å². The summed E-state index contributed by atoms with van der Waals surface area (Å²) in [6, 6.07) is 20.3. The molecule has 0 unspecified atom stereocenters. The maximum atomic E-state index is 13.4. The molecular weight excluding hydrogens is 384 g/mol. The summed E-state index contributed by atoms with van der Waals surface area (Å²) < 4.78 is 1.86. The van der Waals surface area contributed by atoms with Gasteiger partial charge in [-0.3, -0.25) is 14.5 Å². The molecule has 5 rings (SSSR count). The van der Waals surface area contributed by atoms with Crippen molar-refractivity contribution < 1.29 is 4.79 Å². The third-order valence-corrected chi connectivity index (χ3v) is 6.19. The van der Waals surface area contributed by atoms with Crippen molar-refractivity contribution in [3.8, 4) is 0 Å². The topological polar surface area (TPSA) is 51.0 Å². The monoisotopic (exact) mass is 410 g/mol. The number of carbonyl (C=O) groups is 1. The number of hydrogen-bond donors (Lipinski definition) is 0. The van der Waals surface area contributed by atoms with Gasteiger partial charge in [0.25, 0.3) is 5.91 Å². The lowest BCUT2D eigenvalue weighted by Crippen LogP contribution is -2.41. The maximum Gasteiger partial charge on any atom is 0.254 e. The lowest BCUT2D eigenvalue weighted by molar-refractivity contribution is 0.0672. The predicted octanol–water partition coefficient (Wildman–Crippen LogP) is 4.57. The van der Waals surface area contributed by atoms with Crippen molar-refractivity contribution in [3.05, 3.63) is 95.9 Å². The molecule has 0 saturated carbocycles. The molecule has 0 radical (unpaired) electrons. The van der Waals surface area contributed by atoms with E-state index in [-0.39, 0.29) is 5.91 Å². The van der Waals surface area contributed by atoms with Crippen LogP contribution < -0.4 is 0 Å². The molecule has 0 bridgehead atoms. The van der Waals surface area contributed by atoms with Crippen molar-refractivity contribution in [1.82, 2.24) is 19.7 Å². The Morgan fingerprint density at radius 2 is 1.87 bits per heavy atom. The second-order valence-corrected chi connectivity index (χ2v) is 8.31. The first kappa shape index (κ1) is 19.5. The first-order valence-electron chi connectivity index (χ1n) is 10.9. The third kappa shape index (κ3) is 4.22. The fraction of sp³-hybridized carbons (Fsp3) is 0.269. The van der Waals surface area contributed by atoms with Crippen LogP contribution in [-0.4, -0.2) is 38.7 Å². The molecule has 0 aliphatic carbocycles. The van der Waals surface area contributed by atoms with Crippen molar-refractivity contribution in [2.24, 2.45) is 5.92 Å². The molecule has 4 aromatic rings. The van der Waals surface area contributed by atoms with Gasteiger partial charge in [-0.05, 0) is 60.6 Å². The largest absolute Gasteiger partial charge is 0.338 e. The van der Waals surface area contributed by atoms with Crippen LogP contribution in [0.4, 0.5) is 0 Å².